The third-order valence-electron chi connectivity index (χ3n) is 8.30. The Hall–Kier alpha value is -3.04. The highest BCUT2D eigenvalue weighted by Gasteiger charge is 2.58. The van der Waals surface area contributed by atoms with Gasteiger partial charge in [0.25, 0.3) is 0 Å². The van der Waals surface area contributed by atoms with Crippen molar-refractivity contribution < 1.29 is 18.8 Å². The van der Waals surface area contributed by atoms with E-state index in [2.05, 4.69) is 15.6 Å². The van der Waals surface area contributed by atoms with Gasteiger partial charge in [0.15, 0.2) is 0 Å². The van der Waals surface area contributed by atoms with Crippen molar-refractivity contribution in [3.8, 4) is 0 Å². The zero-order chi connectivity index (χ0) is 27.5. The van der Waals surface area contributed by atoms with Gasteiger partial charge in [0.1, 0.15) is 11.7 Å². The van der Waals surface area contributed by atoms with Gasteiger partial charge in [-0.15, -0.1) is 0 Å². The minimum atomic E-state index is -1.71. The highest BCUT2D eigenvalue weighted by atomic mass is 35.5. The number of rotatable bonds is 7. The Morgan fingerprint density at radius 1 is 1.29 bits per heavy atom. The van der Waals surface area contributed by atoms with Crippen molar-refractivity contribution in [2.45, 2.75) is 68.2 Å². The number of carbonyl (C=O) groups is 3. The van der Waals surface area contributed by atoms with E-state index < -0.39 is 34.6 Å². The number of hydrogen-bond donors (Lipinski definition) is 2. The fraction of sp³-hybridized carbons (Fsp3) is 0.500. The van der Waals surface area contributed by atoms with Crippen LogP contribution in [0, 0.1) is 0 Å². The summed E-state index contributed by atoms with van der Waals surface area (Å²) in [5.41, 5.74) is -1.17. The van der Waals surface area contributed by atoms with Crippen molar-refractivity contribution in [2.75, 3.05) is 26.0 Å². The van der Waals surface area contributed by atoms with Crippen LogP contribution in [0.15, 0.2) is 42.7 Å². The predicted octanol–water partition coefficient (Wildman–Crippen LogP) is 3.40. The molecule has 1 aromatic heterocycles. The Morgan fingerprint density at radius 3 is 2.58 bits per heavy atom. The normalized spacial score (nSPS) is 24.2. The Kier molecular flexibility index (Phi) is 6.51. The molecular formula is C28H33ClFN5O3. The molecule has 10 heteroatoms. The number of alkyl halides is 1. The first-order valence-electron chi connectivity index (χ1n) is 12.9. The number of likely N-dealkylation sites (tertiary alicyclic amines) is 1. The predicted molar refractivity (Wildman–Crippen MR) is 142 cm³/mol. The number of nitrogens with zero attached hydrogens (tertiary/aromatic N) is 3. The molecule has 2 N–H and O–H groups in total. The van der Waals surface area contributed by atoms with Crippen LogP contribution in [0.5, 0.6) is 0 Å². The van der Waals surface area contributed by atoms with Crippen molar-refractivity contribution in [3.63, 3.8) is 0 Å². The van der Waals surface area contributed by atoms with Crippen LogP contribution in [0.2, 0.25) is 5.02 Å². The molecule has 2 aromatic rings. The molecule has 1 spiro atoms. The molecule has 2 fully saturated rings. The molecule has 202 valence electrons. The lowest BCUT2D eigenvalue weighted by Crippen LogP contribution is -2.56. The summed E-state index contributed by atoms with van der Waals surface area (Å²) < 4.78 is 15.1. The van der Waals surface area contributed by atoms with E-state index in [1.54, 1.807) is 49.6 Å². The average Bonchev–Trinajstić information content (AvgIpc) is 3.54. The fourth-order valence-electron chi connectivity index (χ4n) is 6.08. The topological polar surface area (TPSA) is 94.6 Å². The Labute approximate surface area is 226 Å². The summed E-state index contributed by atoms with van der Waals surface area (Å²) in [5, 5.41) is 6.58. The Bertz CT molecular complexity index is 1280. The number of aromatic nitrogens is 1. The van der Waals surface area contributed by atoms with Crippen molar-refractivity contribution >= 4 is 35.0 Å². The zero-order valence-electron chi connectivity index (χ0n) is 22.1. The van der Waals surface area contributed by atoms with Crippen LogP contribution >= 0.6 is 11.6 Å². The number of carbonyl (C=O) groups excluding carboxylic acids is 3. The smallest absolute Gasteiger partial charge is 0.246 e. The SMILES string of the molecule is CNC1CC2(CN1C(=O)C(CC(C)(C)F)N(C)C(=O)C1(c3ccncc3)CC1)C(=O)Nc1ccc(Cl)cc12. The van der Waals surface area contributed by atoms with E-state index in [1.807, 2.05) is 12.1 Å². The fourth-order valence-corrected chi connectivity index (χ4v) is 6.25. The Balaban J connectivity index is 1.47. The lowest BCUT2D eigenvalue weighted by atomic mass is 9.80. The molecule has 1 aromatic carbocycles. The summed E-state index contributed by atoms with van der Waals surface area (Å²) in [4.78, 5) is 48.4. The van der Waals surface area contributed by atoms with Crippen molar-refractivity contribution in [2.24, 2.45) is 0 Å². The lowest BCUT2D eigenvalue weighted by molar-refractivity contribution is -0.148. The average molecular weight is 542 g/mol. The number of likely N-dealkylation sites (N-methyl/N-ethyl adjacent to an activating group) is 1. The van der Waals surface area contributed by atoms with Gasteiger partial charge < -0.3 is 20.4 Å². The molecule has 8 nitrogen and oxygen atoms in total. The van der Waals surface area contributed by atoms with Crippen molar-refractivity contribution in [3.05, 3.63) is 58.9 Å². The van der Waals surface area contributed by atoms with Crippen LogP contribution in [0.4, 0.5) is 10.1 Å². The molecule has 2 aliphatic heterocycles. The number of hydrogen-bond acceptors (Lipinski definition) is 5. The molecule has 0 bridgehead atoms. The van der Waals surface area contributed by atoms with Gasteiger partial charge in [-0.1, -0.05) is 11.6 Å². The van der Waals surface area contributed by atoms with E-state index in [9.17, 15) is 14.4 Å². The molecule has 3 heterocycles. The van der Waals surface area contributed by atoms with E-state index in [-0.39, 0.29) is 24.8 Å². The molecule has 0 radical (unpaired) electrons. The quantitative estimate of drug-likeness (QED) is 0.560. The van der Waals surface area contributed by atoms with Gasteiger partial charge in [-0.25, -0.2) is 4.39 Å². The first kappa shape index (κ1) is 26.6. The van der Waals surface area contributed by atoms with Crippen molar-refractivity contribution in [1.82, 2.24) is 20.1 Å². The molecule has 3 unspecified atom stereocenters. The summed E-state index contributed by atoms with van der Waals surface area (Å²) in [6, 6.07) is 7.82. The van der Waals surface area contributed by atoms with Gasteiger partial charge in [-0.3, -0.25) is 19.4 Å². The van der Waals surface area contributed by atoms with E-state index in [4.69, 9.17) is 11.6 Å². The monoisotopic (exact) mass is 541 g/mol. The maximum Gasteiger partial charge on any atom is 0.246 e. The van der Waals surface area contributed by atoms with Crippen LogP contribution in [-0.2, 0) is 25.2 Å². The molecule has 38 heavy (non-hydrogen) atoms. The second-order valence-electron chi connectivity index (χ2n) is 11.4. The van der Waals surface area contributed by atoms with Gasteiger partial charge >= 0.3 is 0 Å². The second-order valence-corrected chi connectivity index (χ2v) is 11.8. The lowest BCUT2D eigenvalue weighted by Gasteiger charge is -2.37. The highest BCUT2D eigenvalue weighted by Crippen LogP contribution is 2.50. The molecule has 3 amide bonds. The minimum Gasteiger partial charge on any atom is -0.333 e. The van der Waals surface area contributed by atoms with Crippen LogP contribution in [-0.4, -0.2) is 71.0 Å². The van der Waals surface area contributed by atoms with Crippen LogP contribution in [0.1, 0.15) is 50.7 Å². The number of halogens is 2. The first-order chi connectivity index (χ1) is 17.9. The van der Waals surface area contributed by atoms with E-state index in [0.717, 1.165) is 11.1 Å². The molecule has 3 atom stereocenters. The second kappa shape index (κ2) is 9.31. The molecule has 3 aliphatic rings. The van der Waals surface area contributed by atoms with Crippen LogP contribution < -0.4 is 10.6 Å². The maximum atomic E-state index is 15.1. The maximum absolute atomic E-state index is 15.1. The minimum absolute atomic E-state index is 0.0945. The van der Waals surface area contributed by atoms with E-state index >= 15 is 4.39 Å². The number of fused-ring (bicyclic) bond motifs is 2. The molecule has 1 saturated heterocycles. The third kappa shape index (κ3) is 4.35. The number of pyridine rings is 1. The van der Waals surface area contributed by atoms with Gasteiger partial charge in [0.2, 0.25) is 17.7 Å². The first-order valence-corrected chi connectivity index (χ1v) is 13.3. The Morgan fingerprint density at radius 2 is 1.97 bits per heavy atom. The largest absolute Gasteiger partial charge is 0.333 e. The zero-order valence-corrected chi connectivity index (χ0v) is 22.8. The number of anilines is 1. The van der Waals surface area contributed by atoms with Gasteiger partial charge in [-0.05, 0) is 75.2 Å². The summed E-state index contributed by atoms with van der Waals surface area (Å²) in [5.74, 6) is -0.805. The summed E-state index contributed by atoms with van der Waals surface area (Å²) in [6.45, 7) is 2.91. The highest BCUT2D eigenvalue weighted by molar-refractivity contribution is 6.31. The third-order valence-corrected chi connectivity index (χ3v) is 8.53. The number of amides is 3. The van der Waals surface area contributed by atoms with E-state index in [0.29, 0.717) is 30.0 Å². The van der Waals surface area contributed by atoms with Crippen molar-refractivity contribution in [1.29, 1.82) is 0 Å². The molecule has 1 saturated carbocycles. The molecule has 5 rings (SSSR count). The van der Waals surface area contributed by atoms with Gasteiger partial charge in [-0.2, -0.15) is 0 Å². The standard InChI is InChI=1S/C28H33ClFN5O3/c1-26(2,30)14-21(34(4)25(38)27(9-10-27)17-7-11-32-12-8-17)23(36)35-16-28(15-22(35)31-3)19-13-18(29)5-6-20(19)33-24(28)37/h5-8,11-13,21-22,31H,9-10,14-16H2,1-4H3,(H,33,37). The number of benzene rings is 1. The summed E-state index contributed by atoms with van der Waals surface area (Å²) in [7, 11) is 3.30. The molecule has 1 aliphatic carbocycles. The van der Waals surface area contributed by atoms with Crippen LogP contribution in [0.25, 0.3) is 0 Å². The number of nitrogens with one attached hydrogen (secondary N) is 2. The molecular weight excluding hydrogens is 509 g/mol. The summed E-state index contributed by atoms with van der Waals surface area (Å²) in [6.07, 6.45) is 4.28. The summed E-state index contributed by atoms with van der Waals surface area (Å²) >= 11 is 6.28. The van der Waals surface area contributed by atoms with Gasteiger partial charge in [0.05, 0.1) is 17.0 Å². The van der Waals surface area contributed by atoms with E-state index in [1.165, 1.54) is 18.7 Å². The van der Waals surface area contributed by atoms with Gasteiger partial charge in [0, 0.05) is 49.5 Å². The van der Waals surface area contributed by atoms with Crippen LogP contribution in [0.3, 0.4) is 0 Å².